The minimum atomic E-state index is -3.83. The van der Waals surface area contributed by atoms with Gasteiger partial charge < -0.3 is 24.0 Å². The highest BCUT2D eigenvalue weighted by molar-refractivity contribution is 8.05. The van der Waals surface area contributed by atoms with Gasteiger partial charge >= 0.3 is 11.8 Å². The number of halogens is 2. The van der Waals surface area contributed by atoms with Crippen molar-refractivity contribution >= 4 is 28.6 Å². The summed E-state index contributed by atoms with van der Waals surface area (Å²) in [4.78, 5) is 25.5. The van der Waals surface area contributed by atoms with Crippen molar-refractivity contribution in [2.75, 3.05) is 6.61 Å². The van der Waals surface area contributed by atoms with E-state index >= 15 is 0 Å². The summed E-state index contributed by atoms with van der Waals surface area (Å²) in [6.07, 6.45) is -7.72. The summed E-state index contributed by atoms with van der Waals surface area (Å²) in [5.74, 6) is 0. The Morgan fingerprint density at radius 3 is 2.61 bits per heavy atom. The number of aliphatic hydroxyl groups excluding tert-OH is 2. The Morgan fingerprint density at radius 1 is 1.39 bits per heavy atom. The van der Waals surface area contributed by atoms with Crippen LogP contribution in [0.1, 0.15) is 18.6 Å². The molecular formula is C11H15Cl2N2O7P. The van der Waals surface area contributed by atoms with Crippen LogP contribution in [0.2, 0.25) is 0 Å². The van der Waals surface area contributed by atoms with Gasteiger partial charge in [-0.3, -0.25) is 14.3 Å². The number of aryl methyl sites for hydroxylation is 1. The van der Waals surface area contributed by atoms with Crippen LogP contribution in [0.3, 0.4) is 0 Å². The molecule has 1 aromatic heterocycles. The van der Waals surface area contributed by atoms with Crippen molar-refractivity contribution < 1.29 is 24.0 Å². The third-order valence-electron chi connectivity index (χ3n) is 3.44. The average molecular weight is 389 g/mol. The van der Waals surface area contributed by atoms with Crippen molar-refractivity contribution in [2.45, 2.75) is 37.9 Å². The first kappa shape index (κ1) is 18.7. The number of rotatable bonds is 5. The number of aliphatic hydroxyl groups is 2. The van der Waals surface area contributed by atoms with Crippen molar-refractivity contribution in [3.8, 4) is 0 Å². The molecule has 0 saturated carbocycles. The quantitative estimate of drug-likeness (QED) is 0.619. The van der Waals surface area contributed by atoms with Crippen molar-refractivity contribution in [3.05, 3.63) is 32.6 Å². The van der Waals surface area contributed by atoms with E-state index in [4.69, 9.17) is 27.2 Å². The molecule has 0 spiro atoms. The van der Waals surface area contributed by atoms with E-state index in [0.717, 1.165) is 0 Å². The first-order valence-electron chi connectivity index (χ1n) is 6.63. The van der Waals surface area contributed by atoms with E-state index in [2.05, 4.69) is 9.51 Å². The first-order chi connectivity index (χ1) is 10.6. The Morgan fingerprint density at radius 2 is 2.04 bits per heavy atom. The molecule has 12 heteroatoms. The topological polar surface area (TPSA) is 131 Å². The van der Waals surface area contributed by atoms with Gasteiger partial charge in [-0.2, -0.15) is 0 Å². The van der Waals surface area contributed by atoms with Gasteiger partial charge in [0.25, 0.3) is 5.56 Å². The van der Waals surface area contributed by atoms with Crippen LogP contribution in [0.25, 0.3) is 0 Å². The summed E-state index contributed by atoms with van der Waals surface area (Å²) in [7, 11) is 0. The Balaban J connectivity index is 2.26. The molecular weight excluding hydrogens is 374 g/mol. The molecule has 130 valence electrons. The van der Waals surface area contributed by atoms with Gasteiger partial charge in [-0.15, -0.1) is 0 Å². The molecule has 1 fully saturated rings. The fourth-order valence-electron chi connectivity index (χ4n) is 2.27. The van der Waals surface area contributed by atoms with Gasteiger partial charge in [0, 0.05) is 12.7 Å². The van der Waals surface area contributed by atoms with Crippen LogP contribution in [-0.2, 0) is 20.4 Å². The summed E-state index contributed by atoms with van der Waals surface area (Å²) in [6.45, 7) is 1.55. The summed E-state index contributed by atoms with van der Waals surface area (Å²) < 4.78 is 22.4. The highest BCUT2D eigenvalue weighted by atomic mass is 35.9. The van der Waals surface area contributed by atoms with Crippen molar-refractivity contribution in [2.24, 2.45) is 0 Å². The van der Waals surface area contributed by atoms with E-state index in [0.29, 0.717) is 6.54 Å². The average Bonchev–Trinajstić information content (AvgIpc) is 2.73. The molecule has 0 amide bonds. The van der Waals surface area contributed by atoms with E-state index in [9.17, 15) is 24.4 Å². The van der Waals surface area contributed by atoms with Crippen molar-refractivity contribution in [3.63, 3.8) is 0 Å². The zero-order valence-corrected chi connectivity index (χ0v) is 14.3. The fraction of sp³-hybridized carbons (Fsp3) is 0.636. The van der Waals surface area contributed by atoms with Gasteiger partial charge in [0.2, 0.25) is 0 Å². The van der Waals surface area contributed by atoms with Crippen molar-refractivity contribution in [1.82, 2.24) is 9.55 Å². The molecule has 3 N–H and O–H groups in total. The van der Waals surface area contributed by atoms with Crippen LogP contribution in [0, 0.1) is 0 Å². The smallest absolute Gasteiger partial charge is 0.380 e. The van der Waals surface area contributed by atoms with Gasteiger partial charge in [-0.25, -0.2) is 4.79 Å². The number of aromatic nitrogens is 2. The predicted molar refractivity (Wildman–Crippen MR) is 81.9 cm³/mol. The van der Waals surface area contributed by atoms with Gasteiger partial charge in [-0.05, 0) is 29.4 Å². The maximum atomic E-state index is 11.9. The third-order valence-corrected chi connectivity index (χ3v) is 4.47. The molecule has 0 bridgehead atoms. The summed E-state index contributed by atoms with van der Waals surface area (Å²) in [6, 6.07) is 0. The van der Waals surface area contributed by atoms with Gasteiger partial charge in [0.15, 0.2) is 0 Å². The Hall–Kier alpha value is -0.670. The number of hydrogen-bond acceptors (Lipinski definition) is 7. The van der Waals surface area contributed by atoms with Crippen LogP contribution in [0.4, 0.5) is 0 Å². The van der Waals surface area contributed by atoms with E-state index in [1.165, 1.54) is 10.8 Å². The van der Waals surface area contributed by atoms with Crippen molar-refractivity contribution in [1.29, 1.82) is 0 Å². The van der Waals surface area contributed by atoms with Gasteiger partial charge in [0.05, 0.1) is 12.2 Å². The number of nitrogens with zero attached hydrogens (tertiary/aromatic N) is 1. The van der Waals surface area contributed by atoms with E-state index in [-0.39, 0.29) is 5.56 Å². The number of ether oxygens (including phenoxy) is 1. The molecule has 4 atom stereocenters. The summed E-state index contributed by atoms with van der Waals surface area (Å²) in [5, 5.41) is 20.0. The highest BCUT2D eigenvalue weighted by Gasteiger charge is 2.45. The Bertz CT molecular complexity index is 730. The Labute approximate surface area is 139 Å². The van der Waals surface area contributed by atoms with Crippen LogP contribution in [0.5, 0.6) is 0 Å². The molecule has 0 aliphatic carbocycles. The zero-order chi connectivity index (χ0) is 17.4. The molecule has 0 aromatic carbocycles. The molecule has 2 rings (SSSR count). The van der Waals surface area contributed by atoms with Crippen LogP contribution >= 0.6 is 28.6 Å². The second-order valence-electron chi connectivity index (χ2n) is 4.92. The van der Waals surface area contributed by atoms with Gasteiger partial charge in [-0.1, -0.05) is 0 Å². The lowest BCUT2D eigenvalue weighted by Gasteiger charge is -2.15. The number of hydrogen-bond donors (Lipinski definition) is 3. The molecule has 1 aliphatic rings. The number of aromatic amines is 1. The van der Waals surface area contributed by atoms with E-state index in [1.807, 2.05) is 0 Å². The minimum absolute atomic E-state index is 0.0274. The number of nitrogens with one attached hydrogen (secondary N) is 1. The third kappa shape index (κ3) is 4.24. The summed E-state index contributed by atoms with van der Waals surface area (Å²) >= 11 is 10.5. The van der Waals surface area contributed by atoms with Crippen LogP contribution < -0.4 is 11.2 Å². The van der Waals surface area contributed by atoms with E-state index < -0.39 is 48.3 Å². The molecule has 1 aliphatic heterocycles. The second kappa shape index (κ2) is 7.06. The normalized spacial score (nSPS) is 28.2. The largest absolute Gasteiger partial charge is 0.387 e. The zero-order valence-electron chi connectivity index (χ0n) is 11.9. The highest BCUT2D eigenvalue weighted by Crippen LogP contribution is 2.57. The fourth-order valence-corrected chi connectivity index (χ4v) is 2.93. The van der Waals surface area contributed by atoms with Crippen LogP contribution in [0.15, 0.2) is 15.8 Å². The maximum absolute atomic E-state index is 11.9. The lowest BCUT2D eigenvalue weighted by Crippen LogP contribution is -2.36. The number of H-pyrrole nitrogens is 1. The molecule has 23 heavy (non-hydrogen) atoms. The second-order valence-corrected chi connectivity index (χ2v) is 9.19. The molecule has 2 unspecified atom stereocenters. The minimum Gasteiger partial charge on any atom is -0.387 e. The molecule has 1 saturated heterocycles. The maximum Gasteiger partial charge on any atom is 0.380 e. The summed E-state index contributed by atoms with van der Waals surface area (Å²) in [5.41, 5.74) is -1.36. The first-order valence-corrected chi connectivity index (χ1v) is 10.1. The SMILES string of the molecule is CCn1cc([C@@H]2O[C@H](COP(=O)(Cl)Cl)C(O)C2O)c(=O)[nH]c1=O. The van der Waals surface area contributed by atoms with Crippen LogP contribution in [-0.4, -0.2) is 44.7 Å². The molecule has 2 heterocycles. The monoisotopic (exact) mass is 388 g/mol. The van der Waals surface area contributed by atoms with Gasteiger partial charge in [0.1, 0.15) is 24.4 Å². The predicted octanol–water partition coefficient (Wildman–Crippen LogP) is 0.320. The Kier molecular flexibility index (Phi) is 5.73. The standard InChI is InChI=1S/C11H15Cl2N2O7P/c1-2-15-3-5(10(18)14-11(15)19)9-8(17)7(16)6(22-9)4-21-23(12,13)20/h3,6-9,16-17H,2,4H2,1H3,(H,14,18,19)/t6-,7?,8?,9+/m1/s1. The molecule has 9 nitrogen and oxygen atoms in total. The van der Waals surface area contributed by atoms with E-state index in [1.54, 1.807) is 6.92 Å². The lowest BCUT2D eigenvalue weighted by atomic mass is 10.0. The lowest BCUT2D eigenvalue weighted by molar-refractivity contribution is -0.0159. The molecule has 1 aromatic rings. The molecule has 0 radical (unpaired) electrons.